The van der Waals surface area contributed by atoms with Gasteiger partial charge >= 0.3 is 0 Å². The number of carbonyl (C=O) groups is 1. The Balaban J connectivity index is 2.54. The molecule has 1 aromatic heterocycles. The summed E-state index contributed by atoms with van der Waals surface area (Å²) in [4.78, 5) is 14.9. The van der Waals surface area contributed by atoms with E-state index in [1.807, 2.05) is 13.8 Å². The zero-order valence-corrected chi connectivity index (χ0v) is 8.46. The number of rotatable bonds is 4. The van der Waals surface area contributed by atoms with Crippen molar-refractivity contribution in [3.63, 3.8) is 0 Å². The topological polar surface area (TPSA) is 30.0 Å². The molecule has 0 radical (unpaired) electrons. The van der Waals surface area contributed by atoms with Crippen molar-refractivity contribution >= 4 is 5.78 Å². The van der Waals surface area contributed by atoms with Crippen LogP contribution in [-0.2, 0) is 11.2 Å². The van der Waals surface area contributed by atoms with Crippen LogP contribution in [0.2, 0.25) is 0 Å². The van der Waals surface area contributed by atoms with Crippen molar-refractivity contribution in [2.24, 2.45) is 5.92 Å². The summed E-state index contributed by atoms with van der Waals surface area (Å²) in [6, 6.07) is 1.61. The summed E-state index contributed by atoms with van der Waals surface area (Å²) in [5.41, 5.74) is 0.564. The standard InChI is InChI=1S/C11H14FNO/c1-8(2)11(14)4-3-9-5-6-13-7-10(9)12/h5-8H,3-4H2,1-2H3. The molecule has 0 unspecified atom stereocenters. The molecule has 0 saturated carbocycles. The van der Waals surface area contributed by atoms with Gasteiger partial charge in [-0.15, -0.1) is 0 Å². The normalized spacial score (nSPS) is 10.6. The summed E-state index contributed by atoms with van der Waals surface area (Å²) in [6.07, 6.45) is 3.58. The molecular formula is C11H14FNO. The molecule has 0 atom stereocenters. The van der Waals surface area contributed by atoms with Crippen molar-refractivity contribution < 1.29 is 9.18 Å². The molecule has 14 heavy (non-hydrogen) atoms. The molecule has 0 aliphatic rings. The van der Waals surface area contributed by atoms with Gasteiger partial charge in [-0.3, -0.25) is 9.78 Å². The molecule has 0 saturated heterocycles. The largest absolute Gasteiger partial charge is 0.299 e. The minimum Gasteiger partial charge on any atom is -0.299 e. The molecule has 0 bridgehead atoms. The third kappa shape index (κ3) is 2.91. The van der Waals surface area contributed by atoms with Gasteiger partial charge in [0.15, 0.2) is 0 Å². The van der Waals surface area contributed by atoms with E-state index in [1.165, 1.54) is 12.4 Å². The quantitative estimate of drug-likeness (QED) is 0.738. The maximum Gasteiger partial charge on any atom is 0.144 e. The van der Waals surface area contributed by atoms with Gasteiger partial charge in [0.25, 0.3) is 0 Å². The van der Waals surface area contributed by atoms with Crippen LogP contribution in [0.4, 0.5) is 4.39 Å². The average molecular weight is 195 g/mol. The van der Waals surface area contributed by atoms with Gasteiger partial charge in [-0.05, 0) is 18.1 Å². The Morgan fingerprint density at radius 3 is 2.86 bits per heavy atom. The van der Waals surface area contributed by atoms with Crippen molar-refractivity contribution in [2.45, 2.75) is 26.7 Å². The van der Waals surface area contributed by atoms with E-state index in [2.05, 4.69) is 4.98 Å². The second kappa shape index (κ2) is 4.84. The predicted molar refractivity (Wildman–Crippen MR) is 52.4 cm³/mol. The Labute approximate surface area is 83.2 Å². The number of Topliss-reactive ketones (excluding diaryl/α,β-unsaturated/α-hetero) is 1. The first-order valence-corrected chi connectivity index (χ1v) is 4.72. The third-order valence-electron chi connectivity index (χ3n) is 2.14. The molecule has 1 heterocycles. The van der Waals surface area contributed by atoms with Crippen molar-refractivity contribution in [1.29, 1.82) is 0 Å². The summed E-state index contributed by atoms with van der Waals surface area (Å²) in [7, 11) is 0. The lowest BCUT2D eigenvalue weighted by atomic mass is 10.0. The van der Waals surface area contributed by atoms with Gasteiger partial charge in [-0.2, -0.15) is 0 Å². The highest BCUT2D eigenvalue weighted by Gasteiger charge is 2.08. The van der Waals surface area contributed by atoms with Crippen molar-refractivity contribution in [2.75, 3.05) is 0 Å². The summed E-state index contributed by atoms with van der Waals surface area (Å²) < 4.78 is 13.1. The fourth-order valence-corrected chi connectivity index (χ4v) is 1.15. The number of hydrogen-bond acceptors (Lipinski definition) is 2. The molecular weight excluding hydrogens is 181 g/mol. The Morgan fingerprint density at radius 2 is 2.29 bits per heavy atom. The smallest absolute Gasteiger partial charge is 0.144 e. The molecule has 3 heteroatoms. The lowest BCUT2D eigenvalue weighted by Gasteiger charge is -2.04. The molecule has 1 aromatic rings. The number of ketones is 1. The van der Waals surface area contributed by atoms with Crippen LogP contribution in [0.5, 0.6) is 0 Å². The lowest BCUT2D eigenvalue weighted by molar-refractivity contribution is -0.121. The number of aryl methyl sites for hydroxylation is 1. The highest BCUT2D eigenvalue weighted by Crippen LogP contribution is 2.09. The van der Waals surface area contributed by atoms with Gasteiger partial charge in [0.1, 0.15) is 11.6 Å². The van der Waals surface area contributed by atoms with E-state index in [1.54, 1.807) is 6.07 Å². The van der Waals surface area contributed by atoms with Crippen LogP contribution >= 0.6 is 0 Å². The number of hydrogen-bond donors (Lipinski definition) is 0. The summed E-state index contributed by atoms with van der Waals surface area (Å²) >= 11 is 0. The molecule has 0 aromatic carbocycles. The molecule has 76 valence electrons. The maximum absolute atomic E-state index is 13.1. The van der Waals surface area contributed by atoms with Gasteiger partial charge in [-0.25, -0.2) is 4.39 Å². The Hall–Kier alpha value is -1.25. The molecule has 0 spiro atoms. The van der Waals surface area contributed by atoms with E-state index in [9.17, 15) is 9.18 Å². The minimum atomic E-state index is -0.330. The molecule has 0 aliphatic carbocycles. The van der Waals surface area contributed by atoms with Crippen LogP contribution < -0.4 is 0 Å². The van der Waals surface area contributed by atoms with Gasteiger partial charge in [-0.1, -0.05) is 13.8 Å². The van der Waals surface area contributed by atoms with E-state index in [4.69, 9.17) is 0 Å². The van der Waals surface area contributed by atoms with E-state index in [0.29, 0.717) is 18.4 Å². The fourth-order valence-electron chi connectivity index (χ4n) is 1.15. The molecule has 1 rings (SSSR count). The molecule has 0 amide bonds. The summed E-state index contributed by atoms with van der Waals surface area (Å²) in [6.45, 7) is 3.70. The minimum absolute atomic E-state index is 0.0277. The Morgan fingerprint density at radius 1 is 1.57 bits per heavy atom. The zero-order chi connectivity index (χ0) is 10.6. The SMILES string of the molecule is CC(C)C(=O)CCc1ccncc1F. The van der Waals surface area contributed by atoms with Crippen molar-refractivity contribution in [1.82, 2.24) is 4.98 Å². The maximum atomic E-state index is 13.1. The number of nitrogens with zero attached hydrogens (tertiary/aromatic N) is 1. The van der Waals surface area contributed by atoms with Crippen LogP contribution in [0.15, 0.2) is 18.5 Å². The highest BCUT2D eigenvalue weighted by molar-refractivity contribution is 5.80. The van der Waals surface area contributed by atoms with E-state index < -0.39 is 0 Å². The first-order valence-electron chi connectivity index (χ1n) is 4.72. The van der Waals surface area contributed by atoms with Gasteiger partial charge in [0.05, 0.1) is 6.20 Å². The fraction of sp³-hybridized carbons (Fsp3) is 0.455. The Bertz CT molecular complexity index is 323. The van der Waals surface area contributed by atoms with Crippen LogP contribution in [0.1, 0.15) is 25.8 Å². The second-order valence-corrected chi connectivity index (χ2v) is 3.59. The number of carbonyl (C=O) groups excluding carboxylic acids is 1. The molecule has 2 nitrogen and oxygen atoms in total. The highest BCUT2D eigenvalue weighted by atomic mass is 19.1. The Kier molecular flexibility index (Phi) is 3.74. The van der Waals surface area contributed by atoms with E-state index in [-0.39, 0.29) is 17.5 Å². The third-order valence-corrected chi connectivity index (χ3v) is 2.14. The first kappa shape index (κ1) is 10.8. The summed E-state index contributed by atoms with van der Waals surface area (Å²) in [5.74, 6) is -0.134. The monoisotopic (exact) mass is 195 g/mol. The van der Waals surface area contributed by atoms with Crippen LogP contribution in [0.25, 0.3) is 0 Å². The van der Waals surface area contributed by atoms with E-state index >= 15 is 0 Å². The molecule has 0 aliphatic heterocycles. The number of halogens is 1. The molecule has 0 fully saturated rings. The second-order valence-electron chi connectivity index (χ2n) is 3.59. The van der Waals surface area contributed by atoms with Gasteiger partial charge in [0, 0.05) is 18.5 Å². The lowest BCUT2D eigenvalue weighted by Crippen LogP contribution is -2.08. The van der Waals surface area contributed by atoms with Gasteiger partial charge < -0.3 is 0 Å². The molecule has 0 N–H and O–H groups in total. The van der Waals surface area contributed by atoms with E-state index in [0.717, 1.165) is 0 Å². The first-order chi connectivity index (χ1) is 6.61. The summed E-state index contributed by atoms with van der Waals surface area (Å²) in [5, 5.41) is 0. The van der Waals surface area contributed by atoms with Crippen molar-refractivity contribution in [3.8, 4) is 0 Å². The number of pyridine rings is 1. The van der Waals surface area contributed by atoms with Crippen LogP contribution in [0, 0.1) is 11.7 Å². The zero-order valence-electron chi connectivity index (χ0n) is 8.46. The van der Waals surface area contributed by atoms with Crippen LogP contribution in [-0.4, -0.2) is 10.8 Å². The van der Waals surface area contributed by atoms with Gasteiger partial charge in [0.2, 0.25) is 0 Å². The average Bonchev–Trinajstić information content (AvgIpc) is 2.16. The number of aromatic nitrogens is 1. The predicted octanol–water partition coefficient (Wildman–Crippen LogP) is 2.38. The van der Waals surface area contributed by atoms with Crippen molar-refractivity contribution in [3.05, 3.63) is 29.8 Å². The van der Waals surface area contributed by atoms with Crippen LogP contribution in [0.3, 0.4) is 0 Å².